The van der Waals surface area contributed by atoms with Crippen LogP contribution >= 0.6 is 0 Å². The number of nitrogens with zero attached hydrogens (tertiary/aromatic N) is 1. The van der Waals surface area contributed by atoms with Crippen molar-refractivity contribution in [1.29, 1.82) is 0 Å². The fraction of sp³-hybridized carbons (Fsp3) is 0.409. The molecule has 2 aromatic rings. The van der Waals surface area contributed by atoms with E-state index < -0.39 is 10.0 Å². The van der Waals surface area contributed by atoms with Crippen LogP contribution < -0.4 is 19.1 Å². The van der Waals surface area contributed by atoms with Gasteiger partial charge in [-0.05, 0) is 38.0 Å². The van der Waals surface area contributed by atoms with Crippen LogP contribution in [0.3, 0.4) is 0 Å². The molecule has 3 rings (SSSR count). The van der Waals surface area contributed by atoms with Crippen LogP contribution in [0.5, 0.6) is 11.5 Å². The maximum absolute atomic E-state index is 12.3. The SMILES string of the molecule is Cc1ccc([C@@H](C)NC(=O)CCCN(c2ccc3c(c2)OCCO3)S(C)(=O)=O)cc1. The van der Waals surface area contributed by atoms with Gasteiger partial charge in [-0.25, -0.2) is 8.42 Å². The summed E-state index contributed by atoms with van der Waals surface area (Å²) in [5.41, 5.74) is 2.69. The highest BCUT2D eigenvalue weighted by Crippen LogP contribution is 2.34. The molecule has 0 aromatic heterocycles. The lowest BCUT2D eigenvalue weighted by atomic mass is 10.1. The Hall–Kier alpha value is -2.74. The van der Waals surface area contributed by atoms with Gasteiger partial charge in [0.05, 0.1) is 18.0 Å². The molecule has 1 N–H and O–H groups in total. The monoisotopic (exact) mass is 432 g/mol. The van der Waals surface area contributed by atoms with Crippen LogP contribution in [0.4, 0.5) is 5.69 Å². The molecule has 1 heterocycles. The number of benzene rings is 2. The number of carbonyl (C=O) groups is 1. The van der Waals surface area contributed by atoms with Gasteiger partial charge in [-0.15, -0.1) is 0 Å². The average Bonchev–Trinajstić information content (AvgIpc) is 2.70. The predicted octanol–water partition coefficient (Wildman–Crippen LogP) is 3.19. The smallest absolute Gasteiger partial charge is 0.232 e. The van der Waals surface area contributed by atoms with Crippen molar-refractivity contribution in [1.82, 2.24) is 5.32 Å². The van der Waals surface area contributed by atoms with Crippen molar-refractivity contribution >= 4 is 21.6 Å². The van der Waals surface area contributed by atoms with Crippen LogP contribution in [0.25, 0.3) is 0 Å². The molecule has 0 unspecified atom stereocenters. The maximum Gasteiger partial charge on any atom is 0.232 e. The van der Waals surface area contributed by atoms with Crippen molar-refractivity contribution in [3.8, 4) is 11.5 Å². The molecule has 162 valence electrons. The molecular formula is C22H28N2O5S. The number of hydrogen-bond donors (Lipinski definition) is 1. The standard InChI is InChI=1S/C22H28N2O5S/c1-16-6-8-18(9-7-16)17(2)23-22(25)5-4-12-24(30(3,26)27)19-10-11-20-21(15-19)29-14-13-28-20/h6-11,15,17H,4-5,12-14H2,1-3H3,(H,23,25)/t17-/m1/s1. The molecule has 7 nitrogen and oxygen atoms in total. The van der Waals surface area contributed by atoms with Crippen molar-refractivity contribution in [2.24, 2.45) is 0 Å². The van der Waals surface area contributed by atoms with E-state index >= 15 is 0 Å². The minimum absolute atomic E-state index is 0.109. The predicted molar refractivity (Wildman–Crippen MR) is 117 cm³/mol. The zero-order valence-electron chi connectivity index (χ0n) is 17.6. The van der Waals surface area contributed by atoms with E-state index in [0.717, 1.165) is 17.4 Å². The summed E-state index contributed by atoms with van der Waals surface area (Å²) in [6.45, 7) is 5.04. The van der Waals surface area contributed by atoms with Crippen LogP contribution in [0.15, 0.2) is 42.5 Å². The van der Waals surface area contributed by atoms with E-state index in [1.165, 1.54) is 4.31 Å². The van der Waals surface area contributed by atoms with Crippen LogP contribution in [-0.2, 0) is 14.8 Å². The highest BCUT2D eigenvalue weighted by Gasteiger charge is 2.21. The average molecular weight is 433 g/mol. The molecule has 0 saturated heterocycles. The first kappa shape index (κ1) is 22.0. The number of carbonyl (C=O) groups excluding carboxylic acids is 1. The van der Waals surface area contributed by atoms with Crippen LogP contribution in [0.2, 0.25) is 0 Å². The molecule has 1 aliphatic rings. The van der Waals surface area contributed by atoms with Crippen molar-refractivity contribution < 1.29 is 22.7 Å². The van der Waals surface area contributed by atoms with E-state index in [2.05, 4.69) is 5.32 Å². The van der Waals surface area contributed by atoms with E-state index in [-0.39, 0.29) is 24.9 Å². The van der Waals surface area contributed by atoms with E-state index in [1.54, 1.807) is 18.2 Å². The molecule has 0 aliphatic carbocycles. The third-order valence-electron chi connectivity index (χ3n) is 4.93. The first-order valence-corrected chi connectivity index (χ1v) is 11.8. The molecule has 1 aliphatic heterocycles. The Morgan fingerprint density at radius 2 is 1.77 bits per heavy atom. The topological polar surface area (TPSA) is 84.9 Å². The van der Waals surface area contributed by atoms with Gasteiger partial charge in [0.2, 0.25) is 15.9 Å². The van der Waals surface area contributed by atoms with Gasteiger partial charge >= 0.3 is 0 Å². The molecular weight excluding hydrogens is 404 g/mol. The summed E-state index contributed by atoms with van der Waals surface area (Å²) in [5.74, 6) is 1.01. The first-order valence-electron chi connectivity index (χ1n) is 9.97. The number of anilines is 1. The number of nitrogens with one attached hydrogen (secondary N) is 1. The number of sulfonamides is 1. The third kappa shape index (κ3) is 5.66. The molecule has 0 saturated carbocycles. The Labute approximate surface area is 178 Å². The molecule has 8 heteroatoms. The quantitative estimate of drug-likeness (QED) is 0.693. The van der Waals surface area contributed by atoms with Crippen molar-refractivity contribution in [3.63, 3.8) is 0 Å². The second kappa shape index (κ2) is 9.38. The lowest BCUT2D eigenvalue weighted by molar-refractivity contribution is -0.121. The van der Waals surface area contributed by atoms with E-state index in [9.17, 15) is 13.2 Å². The van der Waals surface area contributed by atoms with Crippen LogP contribution in [-0.4, -0.2) is 40.3 Å². The van der Waals surface area contributed by atoms with Crippen molar-refractivity contribution in [2.75, 3.05) is 30.3 Å². The normalized spacial score (nSPS) is 14.1. The minimum Gasteiger partial charge on any atom is -0.486 e. The lowest BCUT2D eigenvalue weighted by Crippen LogP contribution is -2.32. The Morgan fingerprint density at radius 3 is 2.43 bits per heavy atom. The highest BCUT2D eigenvalue weighted by molar-refractivity contribution is 7.92. The second-order valence-corrected chi connectivity index (χ2v) is 9.37. The van der Waals surface area contributed by atoms with Crippen LogP contribution in [0, 0.1) is 6.92 Å². The number of amides is 1. The molecule has 2 aromatic carbocycles. The van der Waals surface area contributed by atoms with Gasteiger partial charge in [0.25, 0.3) is 0 Å². The summed E-state index contributed by atoms with van der Waals surface area (Å²) >= 11 is 0. The summed E-state index contributed by atoms with van der Waals surface area (Å²) in [5, 5.41) is 2.97. The Bertz CT molecular complexity index is 989. The summed E-state index contributed by atoms with van der Waals surface area (Å²) in [7, 11) is -3.51. The number of rotatable bonds is 8. The van der Waals surface area contributed by atoms with Gasteiger partial charge in [0.1, 0.15) is 13.2 Å². The number of aryl methyl sites for hydroxylation is 1. The molecule has 30 heavy (non-hydrogen) atoms. The minimum atomic E-state index is -3.51. The molecule has 1 amide bonds. The molecule has 1 atom stereocenters. The van der Waals surface area contributed by atoms with Gasteiger partial charge in [-0.1, -0.05) is 29.8 Å². The first-order chi connectivity index (χ1) is 14.2. The second-order valence-electron chi connectivity index (χ2n) is 7.47. The van der Waals surface area contributed by atoms with Crippen molar-refractivity contribution in [2.45, 2.75) is 32.7 Å². The fourth-order valence-electron chi connectivity index (χ4n) is 3.31. The van der Waals surface area contributed by atoms with Crippen LogP contribution in [0.1, 0.15) is 36.9 Å². The Kier molecular flexibility index (Phi) is 6.87. The fourth-order valence-corrected chi connectivity index (χ4v) is 4.27. The molecule has 0 spiro atoms. The third-order valence-corrected chi connectivity index (χ3v) is 6.13. The lowest BCUT2D eigenvalue weighted by Gasteiger charge is -2.25. The number of hydrogen-bond acceptors (Lipinski definition) is 5. The summed E-state index contributed by atoms with van der Waals surface area (Å²) < 4.78 is 37.0. The highest BCUT2D eigenvalue weighted by atomic mass is 32.2. The Balaban J connectivity index is 1.59. The molecule has 0 bridgehead atoms. The zero-order chi connectivity index (χ0) is 21.7. The molecule has 0 fully saturated rings. The Morgan fingerprint density at radius 1 is 1.10 bits per heavy atom. The largest absolute Gasteiger partial charge is 0.486 e. The maximum atomic E-state index is 12.3. The summed E-state index contributed by atoms with van der Waals surface area (Å²) in [6.07, 6.45) is 1.78. The van der Waals surface area contributed by atoms with Gasteiger partial charge < -0.3 is 14.8 Å². The zero-order valence-corrected chi connectivity index (χ0v) is 18.4. The number of fused-ring (bicyclic) bond motifs is 1. The van der Waals surface area contributed by atoms with E-state index in [0.29, 0.717) is 36.8 Å². The van der Waals surface area contributed by atoms with Gasteiger partial charge in [-0.2, -0.15) is 0 Å². The molecule has 0 radical (unpaired) electrons. The van der Waals surface area contributed by atoms with E-state index in [1.807, 2.05) is 38.1 Å². The van der Waals surface area contributed by atoms with Crippen molar-refractivity contribution in [3.05, 3.63) is 53.6 Å². The van der Waals surface area contributed by atoms with Gasteiger partial charge in [-0.3, -0.25) is 9.10 Å². The summed E-state index contributed by atoms with van der Waals surface area (Å²) in [4.78, 5) is 12.3. The number of ether oxygens (including phenoxy) is 2. The van der Waals surface area contributed by atoms with E-state index in [4.69, 9.17) is 9.47 Å². The van der Waals surface area contributed by atoms with Gasteiger partial charge in [0, 0.05) is 19.0 Å². The summed E-state index contributed by atoms with van der Waals surface area (Å²) in [6, 6.07) is 13.0. The van der Waals surface area contributed by atoms with Gasteiger partial charge in [0.15, 0.2) is 11.5 Å².